The summed E-state index contributed by atoms with van der Waals surface area (Å²) in [5.41, 5.74) is 2.47. The van der Waals surface area contributed by atoms with Crippen LogP contribution >= 0.6 is 0 Å². The van der Waals surface area contributed by atoms with Crippen LogP contribution in [-0.2, 0) is 22.6 Å². The van der Waals surface area contributed by atoms with Crippen molar-refractivity contribution in [2.45, 2.75) is 52.2 Å². The fraction of sp³-hybridized carbons (Fsp3) is 0.500. The Morgan fingerprint density at radius 1 is 1.25 bits per heavy atom. The number of hydrogen-bond acceptors (Lipinski definition) is 3. The number of nitrogens with zero attached hydrogens (tertiary/aromatic N) is 1. The molecule has 1 fully saturated rings. The van der Waals surface area contributed by atoms with Crippen molar-refractivity contribution in [3.8, 4) is 0 Å². The van der Waals surface area contributed by atoms with E-state index < -0.39 is 0 Å². The van der Waals surface area contributed by atoms with Gasteiger partial charge in [0.05, 0.1) is 12.5 Å². The minimum absolute atomic E-state index is 0.0651. The molecule has 1 heterocycles. The fourth-order valence-corrected chi connectivity index (χ4v) is 2.66. The molecule has 0 bridgehead atoms. The summed E-state index contributed by atoms with van der Waals surface area (Å²) in [4.78, 5) is 25.4. The van der Waals surface area contributed by atoms with Crippen LogP contribution < -0.4 is 5.32 Å². The zero-order valence-corrected chi connectivity index (χ0v) is 12.3. The number of aryl methyl sites for hydroxylation is 1. The normalized spacial score (nSPS) is 19.2. The Hall–Kier alpha value is -1.68. The first-order valence-electron chi connectivity index (χ1n) is 7.20. The quantitative estimate of drug-likeness (QED) is 0.834. The maximum Gasteiger partial charge on any atom is 0.247 e. The Morgan fingerprint density at radius 3 is 2.45 bits per heavy atom. The maximum atomic E-state index is 12.2. The summed E-state index contributed by atoms with van der Waals surface area (Å²) >= 11 is 0. The molecule has 2 rings (SSSR count). The molecular formula is C16H22N2O2. The lowest BCUT2D eigenvalue weighted by molar-refractivity contribution is -0.140. The summed E-state index contributed by atoms with van der Waals surface area (Å²) < 4.78 is 0. The smallest absolute Gasteiger partial charge is 0.247 e. The highest BCUT2D eigenvalue weighted by molar-refractivity contribution is 6.05. The van der Waals surface area contributed by atoms with Gasteiger partial charge in [0.2, 0.25) is 11.8 Å². The van der Waals surface area contributed by atoms with Gasteiger partial charge < -0.3 is 5.32 Å². The molecule has 4 nitrogen and oxygen atoms in total. The van der Waals surface area contributed by atoms with Crippen molar-refractivity contribution >= 4 is 11.8 Å². The Morgan fingerprint density at radius 2 is 1.90 bits per heavy atom. The van der Waals surface area contributed by atoms with Gasteiger partial charge in [0.25, 0.3) is 0 Å². The van der Waals surface area contributed by atoms with E-state index in [9.17, 15) is 9.59 Å². The standard InChI is InChI=1S/C16H22N2O2/c1-4-12-7-5-6-8-13(12)10-17-14-9-15(19)18(11(2)3)16(14)20/h5-8,11,14,17H,4,9-10H2,1-3H3. The predicted octanol–water partition coefficient (Wildman–Crippen LogP) is 1.87. The number of amides is 2. The van der Waals surface area contributed by atoms with Crippen LogP contribution in [0.3, 0.4) is 0 Å². The molecule has 1 aliphatic rings. The Kier molecular flexibility index (Phi) is 4.55. The number of carbonyl (C=O) groups excluding carboxylic acids is 2. The summed E-state index contributed by atoms with van der Waals surface area (Å²) in [6, 6.07) is 7.73. The molecule has 0 aromatic heterocycles. The molecule has 1 aromatic rings. The van der Waals surface area contributed by atoms with E-state index in [1.165, 1.54) is 16.0 Å². The van der Waals surface area contributed by atoms with E-state index in [0.717, 1.165) is 6.42 Å². The molecule has 1 N–H and O–H groups in total. The second-order valence-electron chi connectivity index (χ2n) is 5.46. The van der Waals surface area contributed by atoms with Gasteiger partial charge in [-0.3, -0.25) is 14.5 Å². The van der Waals surface area contributed by atoms with Crippen molar-refractivity contribution < 1.29 is 9.59 Å². The van der Waals surface area contributed by atoms with Gasteiger partial charge in [-0.05, 0) is 31.4 Å². The van der Waals surface area contributed by atoms with Crippen molar-refractivity contribution in [2.24, 2.45) is 0 Å². The van der Waals surface area contributed by atoms with Gasteiger partial charge in [-0.25, -0.2) is 0 Å². The van der Waals surface area contributed by atoms with Crippen molar-refractivity contribution in [1.82, 2.24) is 10.2 Å². The highest BCUT2D eigenvalue weighted by atomic mass is 16.2. The van der Waals surface area contributed by atoms with Crippen LogP contribution in [0.25, 0.3) is 0 Å². The number of likely N-dealkylation sites (tertiary alicyclic amines) is 1. The zero-order chi connectivity index (χ0) is 14.7. The molecule has 1 aliphatic heterocycles. The van der Waals surface area contributed by atoms with Crippen molar-refractivity contribution in [3.05, 3.63) is 35.4 Å². The van der Waals surface area contributed by atoms with Crippen LogP contribution in [-0.4, -0.2) is 28.8 Å². The average Bonchev–Trinajstić information content (AvgIpc) is 2.71. The molecule has 1 aromatic carbocycles. The Labute approximate surface area is 120 Å². The first-order chi connectivity index (χ1) is 9.54. The third-order valence-corrected chi connectivity index (χ3v) is 3.74. The molecule has 108 valence electrons. The third-order valence-electron chi connectivity index (χ3n) is 3.74. The van der Waals surface area contributed by atoms with Crippen molar-refractivity contribution in [2.75, 3.05) is 0 Å². The SMILES string of the molecule is CCc1ccccc1CNC1CC(=O)N(C(C)C)C1=O. The summed E-state index contributed by atoms with van der Waals surface area (Å²) in [5.74, 6) is -0.176. The number of carbonyl (C=O) groups is 2. The molecule has 2 amide bonds. The van der Waals surface area contributed by atoms with E-state index in [2.05, 4.69) is 24.4 Å². The number of rotatable bonds is 5. The molecular weight excluding hydrogens is 252 g/mol. The second-order valence-corrected chi connectivity index (χ2v) is 5.46. The number of benzene rings is 1. The maximum absolute atomic E-state index is 12.2. The van der Waals surface area contributed by atoms with Gasteiger partial charge in [0.15, 0.2) is 0 Å². The van der Waals surface area contributed by atoms with E-state index in [1.54, 1.807) is 0 Å². The fourth-order valence-electron chi connectivity index (χ4n) is 2.66. The van der Waals surface area contributed by atoms with Crippen LogP contribution in [0.5, 0.6) is 0 Å². The molecule has 20 heavy (non-hydrogen) atoms. The summed E-state index contributed by atoms with van der Waals surface area (Å²) in [6.45, 7) is 6.47. The molecule has 0 saturated carbocycles. The molecule has 1 unspecified atom stereocenters. The van der Waals surface area contributed by atoms with Crippen molar-refractivity contribution in [3.63, 3.8) is 0 Å². The lowest BCUT2D eigenvalue weighted by atomic mass is 10.1. The van der Waals surface area contributed by atoms with Crippen LogP contribution in [0, 0.1) is 0 Å². The zero-order valence-electron chi connectivity index (χ0n) is 12.3. The lowest BCUT2D eigenvalue weighted by Gasteiger charge is -2.19. The van der Waals surface area contributed by atoms with Gasteiger partial charge in [0, 0.05) is 12.6 Å². The van der Waals surface area contributed by atoms with Crippen LogP contribution in [0.15, 0.2) is 24.3 Å². The third kappa shape index (κ3) is 2.90. The lowest BCUT2D eigenvalue weighted by Crippen LogP contribution is -2.41. The second kappa shape index (κ2) is 6.18. The first-order valence-corrected chi connectivity index (χ1v) is 7.20. The topological polar surface area (TPSA) is 49.4 Å². The van der Waals surface area contributed by atoms with Gasteiger partial charge in [-0.2, -0.15) is 0 Å². The molecule has 4 heteroatoms. The van der Waals surface area contributed by atoms with Crippen molar-refractivity contribution in [1.29, 1.82) is 0 Å². The summed E-state index contributed by atoms with van der Waals surface area (Å²) in [7, 11) is 0. The van der Waals surface area contributed by atoms with Crippen LogP contribution in [0.2, 0.25) is 0 Å². The highest BCUT2D eigenvalue weighted by Crippen LogP contribution is 2.17. The van der Waals surface area contributed by atoms with E-state index in [-0.39, 0.29) is 30.3 Å². The summed E-state index contributed by atoms with van der Waals surface area (Å²) in [5, 5.41) is 3.23. The van der Waals surface area contributed by atoms with Crippen LogP contribution in [0.4, 0.5) is 0 Å². The van der Waals surface area contributed by atoms with Crippen LogP contribution in [0.1, 0.15) is 38.3 Å². The average molecular weight is 274 g/mol. The molecule has 0 spiro atoms. The first kappa shape index (κ1) is 14.7. The van der Waals surface area contributed by atoms with Gasteiger partial charge in [0.1, 0.15) is 0 Å². The Bertz CT molecular complexity index is 511. The molecule has 1 saturated heterocycles. The highest BCUT2D eigenvalue weighted by Gasteiger charge is 2.39. The summed E-state index contributed by atoms with van der Waals surface area (Å²) in [6.07, 6.45) is 1.23. The van der Waals surface area contributed by atoms with E-state index in [4.69, 9.17) is 0 Å². The molecule has 1 atom stereocenters. The monoisotopic (exact) mass is 274 g/mol. The number of imide groups is 1. The van der Waals surface area contributed by atoms with E-state index >= 15 is 0 Å². The van der Waals surface area contributed by atoms with Gasteiger partial charge in [-0.1, -0.05) is 31.2 Å². The Balaban J connectivity index is 2.02. The predicted molar refractivity (Wildman–Crippen MR) is 78.1 cm³/mol. The molecule has 0 radical (unpaired) electrons. The van der Waals surface area contributed by atoms with Gasteiger partial charge >= 0.3 is 0 Å². The molecule has 0 aliphatic carbocycles. The van der Waals surface area contributed by atoms with E-state index in [0.29, 0.717) is 6.54 Å². The largest absolute Gasteiger partial charge is 0.301 e. The minimum atomic E-state index is -0.380. The van der Waals surface area contributed by atoms with Gasteiger partial charge in [-0.15, -0.1) is 0 Å². The number of nitrogens with one attached hydrogen (secondary N) is 1. The minimum Gasteiger partial charge on any atom is -0.301 e. The van der Waals surface area contributed by atoms with E-state index in [1.807, 2.05) is 26.0 Å². The number of hydrogen-bond donors (Lipinski definition) is 1.